The van der Waals surface area contributed by atoms with Gasteiger partial charge in [-0.15, -0.1) is 0 Å². The first-order chi connectivity index (χ1) is 7.96. The van der Waals surface area contributed by atoms with Crippen LogP contribution in [-0.2, 0) is 4.74 Å². The lowest BCUT2D eigenvalue weighted by atomic mass is 9.93. The van der Waals surface area contributed by atoms with Gasteiger partial charge in [-0.25, -0.2) is 0 Å². The van der Waals surface area contributed by atoms with Crippen LogP contribution in [0.15, 0.2) is 5.16 Å². The van der Waals surface area contributed by atoms with Crippen LogP contribution in [0.5, 0.6) is 0 Å². The molecule has 0 aromatic rings. The van der Waals surface area contributed by atoms with Crippen molar-refractivity contribution < 1.29 is 9.94 Å². The highest BCUT2D eigenvalue weighted by molar-refractivity contribution is 5.87. The van der Waals surface area contributed by atoms with E-state index in [-0.39, 0.29) is 5.60 Å². The summed E-state index contributed by atoms with van der Waals surface area (Å²) in [6.07, 6.45) is 1.92. The molecular weight excluding hydrogens is 216 g/mol. The minimum atomic E-state index is -0.0579. The van der Waals surface area contributed by atoms with Crippen LogP contribution in [0.3, 0.4) is 0 Å². The molecule has 0 aromatic heterocycles. The summed E-state index contributed by atoms with van der Waals surface area (Å²) in [4.78, 5) is 2.40. The molecule has 0 radical (unpaired) electrons. The van der Waals surface area contributed by atoms with Gasteiger partial charge in [0.05, 0.1) is 17.9 Å². The van der Waals surface area contributed by atoms with Gasteiger partial charge in [-0.05, 0) is 27.2 Å². The van der Waals surface area contributed by atoms with Gasteiger partial charge in [0.1, 0.15) is 0 Å². The number of likely N-dealkylation sites (tertiary alicyclic amines) is 1. The second-order valence-corrected chi connectivity index (χ2v) is 5.71. The van der Waals surface area contributed by atoms with Gasteiger partial charge in [0.2, 0.25) is 0 Å². The van der Waals surface area contributed by atoms with Crippen molar-refractivity contribution in [3.05, 3.63) is 0 Å². The Balaban J connectivity index is 2.33. The number of ether oxygens (including phenoxy) is 1. The summed E-state index contributed by atoms with van der Waals surface area (Å²) in [5.74, 6) is 0.406. The minimum absolute atomic E-state index is 0.0579. The Morgan fingerprint density at radius 1 is 1.47 bits per heavy atom. The topological polar surface area (TPSA) is 45.1 Å². The largest absolute Gasteiger partial charge is 0.411 e. The van der Waals surface area contributed by atoms with Crippen LogP contribution in [0.25, 0.3) is 0 Å². The van der Waals surface area contributed by atoms with Gasteiger partial charge in [0.15, 0.2) is 0 Å². The molecule has 1 rings (SSSR count). The van der Waals surface area contributed by atoms with Crippen LogP contribution in [0.1, 0.15) is 40.5 Å². The molecule has 4 nitrogen and oxygen atoms in total. The minimum Gasteiger partial charge on any atom is -0.411 e. The molecule has 1 heterocycles. The standard InChI is InChI=1S/C13H26N2O2/c1-5-11-10-15(7-6-12(11)14-16)8-9-17-13(2,3)4/h11,16H,5-10H2,1-4H3. The molecule has 0 bridgehead atoms. The van der Waals surface area contributed by atoms with Gasteiger partial charge in [-0.1, -0.05) is 12.1 Å². The van der Waals surface area contributed by atoms with Crippen LogP contribution in [-0.4, -0.2) is 47.7 Å². The highest BCUT2D eigenvalue weighted by atomic mass is 16.5. The van der Waals surface area contributed by atoms with E-state index in [9.17, 15) is 0 Å². The molecular formula is C13H26N2O2. The maximum atomic E-state index is 8.91. The fourth-order valence-corrected chi connectivity index (χ4v) is 2.17. The average Bonchev–Trinajstić information content (AvgIpc) is 2.27. The van der Waals surface area contributed by atoms with Crippen LogP contribution in [0, 0.1) is 5.92 Å². The van der Waals surface area contributed by atoms with Crippen molar-refractivity contribution in [2.45, 2.75) is 46.1 Å². The number of hydrogen-bond acceptors (Lipinski definition) is 4. The lowest BCUT2D eigenvalue weighted by Gasteiger charge is -2.33. The molecule has 1 saturated heterocycles. The first kappa shape index (κ1) is 14.5. The highest BCUT2D eigenvalue weighted by Crippen LogP contribution is 2.17. The van der Waals surface area contributed by atoms with Gasteiger partial charge in [-0.3, -0.25) is 0 Å². The van der Waals surface area contributed by atoms with E-state index in [0.717, 1.165) is 44.8 Å². The van der Waals surface area contributed by atoms with Crippen molar-refractivity contribution in [1.82, 2.24) is 4.90 Å². The Kier molecular flexibility index (Phi) is 5.40. The van der Waals surface area contributed by atoms with Gasteiger partial charge < -0.3 is 14.8 Å². The van der Waals surface area contributed by atoms with E-state index in [1.165, 1.54) is 0 Å². The SMILES string of the molecule is CCC1CN(CCOC(C)(C)C)CCC1=NO. The molecule has 4 heteroatoms. The van der Waals surface area contributed by atoms with Crippen LogP contribution < -0.4 is 0 Å². The third-order valence-electron chi connectivity index (χ3n) is 3.20. The quantitative estimate of drug-likeness (QED) is 0.608. The van der Waals surface area contributed by atoms with Gasteiger partial charge in [0.25, 0.3) is 0 Å². The number of rotatable bonds is 4. The van der Waals surface area contributed by atoms with Gasteiger partial charge in [0, 0.05) is 32.0 Å². The molecule has 0 amide bonds. The van der Waals surface area contributed by atoms with Crippen molar-refractivity contribution in [2.24, 2.45) is 11.1 Å². The highest BCUT2D eigenvalue weighted by Gasteiger charge is 2.24. The molecule has 0 aliphatic carbocycles. The Bertz CT molecular complexity index is 259. The summed E-state index contributed by atoms with van der Waals surface area (Å²) < 4.78 is 5.73. The molecule has 17 heavy (non-hydrogen) atoms. The molecule has 0 saturated carbocycles. The third kappa shape index (κ3) is 5.04. The molecule has 1 aliphatic heterocycles. The van der Waals surface area contributed by atoms with Crippen LogP contribution in [0.2, 0.25) is 0 Å². The zero-order valence-corrected chi connectivity index (χ0v) is 11.6. The van der Waals surface area contributed by atoms with Crippen molar-refractivity contribution in [1.29, 1.82) is 0 Å². The second-order valence-electron chi connectivity index (χ2n) is 5.71. The Hall–Kier alpha value is -0.610. The van der Waals surface area contributed by atoms with Crippen molar-refractivity contribution in [2.75, 3.05) is 26.2 Å². The third-order valence-corrected chi connectivity index (χ3v) is 3.20. The molecule has 0 aromatic carbocycles. The van der Waals surface area contributed by atoms with Gasteiger partial charge in [-0.2, -0.15) is 0 Å². The zero-order valence-electron chi connectivity index (χ0n) is 11.6. The molecule has 1 N–H and O–H groups in total. The molecule has 1 aliphatic rings. The number of hydrogen-bond donors (Lipinski definition) is 1. The molecule has 0 spiro atoms. The van der Waals surface area contributed by atoms with E-state index in [0.29, 0.717) is 5.92 Å². The first-order valence-electron chi connectivity index (χ1n) is 6.53. The van der Waals surface area contributed by atoms with E-state index in [1.807, 2.05) is 0 Å². The van der Waals surface area contributed by atoms with E-state index < -0.39 is 0 Å². The monoisotopic (exact) mass is 242 g/mol. The summed E-state index contributed by atoms with van der Waals surface area (Å²) in [6.45, 7) is 12.1. The summed E-state index contributed by atoms with van der Waals surface area (Å²) in [6, 6.07) is 0. The number of piperidine rings is 1. The Morgan fingerprint density at radius 3 is 2.71 bits per heavy atom. The first-order valence-corrected chi connectivity index (χ1v) is 6.53. The van der Waals surface area contributed by atoms with Crippen molar-refractivity contribution in [3.8, 4) is 0 Å². The molecule has 1 atom stereocenters. The zero-order chi connectivity index (χ0) is 12.9. The molecule has 1 fully saturated rings. The van der Waals surface area contributed by atoms with Crippen LogP contribution in [0.4, 0.5) is 0 Å². The Morgan fingerprint density at radius 2 is 2.18 bits per heavy atom. The number of nitrogens with zero attached hydrogens (tertiary/aromatic N) is 2. The summed E-state index contributed by atoms with van der Waals surface area (Å²) >= 11 is 0. The lowest BCUT2D eigenvalue weighted by molar-refractivity contribution is -0.0144. The normalized spacial score (nSPS) is 25.4. The average molecular weight is 242 g/mol. The summed E-state index contributed by atoms with van der Waals surface area (Å²) in [5, 5.41) is 12.3. The van der Waals surface area contributed by atoms with E-state index in [1.54, 1.807) is 0 Å². The number of oxime groups is 1. The smallest absolute Gasteiger partial charge is 0.0627 e. The molecule has 1 unspecified atom stereocenters. The van der Waals surface area contributed by atoms with E-state index in [4.69, 9.17) is 9.94 Å². The maximum Gasteiger partial charge on any atom is 0.0627 e. The van der Waals surface area contributed by atoms with Gasteiger partial charge >= 0.3 is 0 Å². The molecule has 100 valence electrons. The van der Waals surface area contributed by atoms with Crippen molar-refractivity contribution >= 4 is 5.71 Å². The Labute approximate surface area is 105 Å². The second kappa shape index (κ2) is 6.36. The van der Waals surface area contributed by atoms with E-state index >= 15 is 0 Å². The maximum absolute atomic E-state index is 8.91. The fourth-order valence-electron chi connectivity index (χ4n) is 2.17. The summed E-state index contributed by atoms with van der Waals surface area (Å²) in [7, 11) is 0. The fraction of sp³-hybridized carbons (Fsp3) is 0.923. The summed E-state index contributed by atoms with van der Waals surface area (Å²) in [5.41, 5.74) is 0.901. The van der Waals surface area contributed by atoms with Crippen LogP contribution >= 0.6 is 0 Å². The van der Waals surface area contributed by atoms with Crippen molar-refractivity contribution in [3.63, 3.8) is 0 Å². The predicted octanol–water partition coefficient (Wildman–Crippen LogP) is 2.36. The predicted molar refractivity (Wildman–Crippen MR) is 69.8 cm³/mol. The van der Waals surface area contributed by atoms with E-state index in [2.05, 4.69) is 37.8 Å². The lowest BCUT2D eigenvalue weighted by Crippen LogP contribution is -2.42.